The number of hydrogen-bond acceptors (Lipinski definition) is 7. The lowest BCUT2D eigenvalue weighted by molar-refractivity contribution is -0.384. The number of nitro benzene ring substituents is 1. The fourth-order valence-electron chi connectivity index (χ4n) is 2.51. The van der Waals surface area contributed by atoms with Crippen LogP contribution in [0.5, 0.6) is 5.75 Å². The minimum absolute atomic E-state index is 0.0706. The number of rotatable bonds is 6. The Bertz CT molecular complexity index is 1170. The van der Waals surface area contributed by atoms with Gasteiger partial charge in [0.25, 0.3) is 5.69 Å². The van der Waals surface area contributed by atoms with E-state index >= 15 is 0 Å². The van der Waals surface area contributed by atoms with Crippen molar-refractivity contribution < 1.29 is 23.7 Å². The molecule has 0 bridgehead atoms. The highest BCUT2D eigenvalue weighted by Crippen LogP contribution is 2.27. The summed E-state index contributed by atoms with van der Waals surface area (Å²) in [5.74, 6) is -1.03. The highest BCUT2D eigenvalue weighted by atomic mass is 35.5. The van der Waals surface area contributed by atoms with Gasteiger partial charge >= 0.3 is 11.8 Å². The van der Waals surface area contributed by atoms with Gasteiger partial charge in [0, 0.05) is 22.7 Å². The van der Waals surface area contributed by atoms with Gasteiger partial charge in [-0.2, -0.15) is 5.10 Å². The van der Waals surface area contributed by atoms with Crippen LogP contribution in [0, 0.1) is 10.1 Å². The molecule has 10 nitrogen and oxygen atoms in total. The molecule has 31 heavy (non-hydrogen) atoms. The molecule has 0 spiro atoms. The largest absolute Gasteiger partial charge is 0.495 e. The molecule has 0 atom stereocenters. The van der Waals surface area contributed by atoms with Crippen LogP contribution < -0.4 is 15.5 Å². The van der Waals surface area contributed by atoms with Crippen molar-refractivity contribution in [1.82, 2.24) is 5.43 Å². The second-order valence-electron chi connectivity index (χ2n) is 6.01. The third-order valence-electron chi connectivity index (χ3n) is 3.94. The topological polar surface area (TPSA) is 136 Å². The molecule has 1 heterocycles. The highest BCUT2D eigenvalue weighted by molar-refractivity contribution is 6.40. The van der Waals surface area contributed by atoms with Crippen molar-refractivity contribution in [2.45, 2.75) is 0 Å². The number of nitrogens with one attached hydrogen (secondary N) is 2. The van der Waals surface area contributed by atoms with Crippen molar-refractivity contribution in [3.63, 3.8) is 0 Å². The van der Waals surface area contributed by atoms with Crippen LogP contribution in [-0.4, -0.2) is 30.1 Å². The molecule has 0 aliphatic carbocycles. The second-order valence-corrected chi connectivity index (χ2v) is 6.44. The number of nitro groups is 1. The maximum Gasteiger partial charge on any atom is 0.329 e. The number of benzene rings is 2. The predicted octanol–water partition coefficient (Wildman–Crippen LogP) is 3.61. The SMILES string of the molecule is COc1ccc(Cl)cc1NC(=O)C(=O)N/N=C/c1ccc(-c2cccc([N+](=O)[O-])c2)o1. The van der Waals surface area contributed by atoms with Crippen LogP contribution in [0.3, 0.4) is 0 Å². The van der Waals surface area contributed by atoms with E-state index in [1.807, 2.05) is 0 Å². The molecule has 0 radical (unpaired) electrons. The molecule has 2 N–H and O–H groups in total. The van der Waals surface area contributed by atoms with Gasteiger partial charge in [-0.15, -0.1) is 0 Å². The predicted molar refractivity (Wildman–Crippen MR) is 113 cm³/mol. The lowest BCUT2D eigenvalue weighted by Gasteiger charge is -2.09. The van der Waals surface area contributed by atoms with E-state index < -0.39 is 16.7 Å². The van der Waals surface area contributed by atoms with Gasteiger partial charge in [-0.05, 0) is 30.3 Å². The minimum atomic E-state index is -1.02. The summed E-state index contributed by atoms with van der Waals surface area (Å²) in [5, 5.41) is 17.3. The number of non-ortho nitro benzene ring substituents is 1. The molecule has 11 heteroatoms. The Balaban J connectivity index is 1.61. The van der Waals surface area contributed by atoms with Gasteiger partial charge in [0.05, 0.1) is 23.9 Å². The van der Waals surface area contributed by atoms with Crippen LogP contribution in [0.1, 0.15) is 5.76 Å². The molecule has 0 aliphatic heterocycles. The van der Waals surface area contributed by atoms with Crippen LogP contribution in [0.2, 0.25) is 5.02 Å². The number of anilines is 1. The molecule has 3 rings (SSSR count). The number of carbonyl (C=O) groups excluding carboxylic acids is 2. The highest BCUT2D eigenvalue weighted by Gasteiger charge is 2.16. The maximum absolute atomic E-state index is 12.0. The number of hydrazone groups is 1. The Hall–Kier alpha value is -4.18. The van der Waals surface area contributed by atoms with Crippen LogP contribution in [-0.2, 0) is 9.59 Å². The van der Waals surface area contributed by atoms with Gasteiger partial charge in [-0.25, -0.2) is 5.43 Å². The zero-order valence-corrected chi connectivity index (χ0v) is 16.8. The molecule has 2 aromatic carbocycles. The summed E-state index contributed by atoms with van der Waals surface area (Å²) in [7, 11) is 1.41. The van der Waals surface area contributed by atoms with Gasteiger partial charge in [-0.3, -0.25) is 19.7 Å². The fourth-order valence-corrected chi connectivity index (χ4v) is 2.68. The Morgan fingerprint density at radius 2 is 1.97 bits per heavy atom. The number of hydrogen-bond donors (Lipinski definition) is 2. The number of ether oxygens (including phenoxy) is 1. The van der Waals surface area contributed by atoms with E-state index in [2.05, 4.69) is 15.8 Å². The van der Waals surface area contributed by atoms with Crippen LogP contribution >= 0.6 is 11.6 Å². The lowest BCUT2D eigenvalue weighted by Crippen LogP contribution is -2.32. The Labute approximate surface area is 180 Å². The minimum Gasteiger partial charge on any atom is -0.495 e. The molecule has 2 amide bonds. The molecular weight excluding hydrogens is 428 g/mol. The van der Waals surface area contributed by atoms with Crippen LogP contribution in [0.25, 0.3) is 11.3 Å². The normalized spacial score (nSPS) is 10.6. The summed E-state index contributed by atoms with van der Waals surface area (Å²) in [5.41, 5.74) is 2.74. The third-order valence-corrected chi connectivity index (χ3v) is 4.18. The molecule has 0 saturated heterocycles. The standard InChI is InChI=1S/C20H15ClN4O6/c1-30-18-7-5-13(21)10-16(18)23-19(26)20(27)24-22-11-15-6-8-17(31-15)12-3-2-4-14(9-12)25(28)29/h2-11H,1H3,(H,23,26)(H,24,27)/b22-11+. The first-order chi connectivity index (χ1) is 14.9. The summed E-state index contributed by atoms with van der Waals surface area (Å²) >= 11 is 5.88. The van der Waals surface area contributed by atoms with Crippen molar-refractivity contribution >= 4 is 41.0 Å². The van der Waals surface area contributed by atoms with Crippen molar-refractivity contribution in [3.8, 4) is 17.1 Å². The zero-order chi connectivity index (χ0) is 22.4. The average Bonchev–Trinajstić information content (AvgIpc) is 3.23. The summed E-state index contributed by atoms with van der Waals surface area (Å²) in [6.07, 6.45) is 1.19. The number of amides is 2. The van der Waals surface area contributed by atoms with Crippen molar-refractivity contribution in [1.29, 1.82) is 0 Å². The van der Waals surface area contributed by atoms with Crippen LogP contribution in [0.15, 0.2) is 64.1 Å². The van der Waals surface area contributed by atoms with E-state index in [0.29, 0.717) is 22.1 Å². The van der Waals surface area contributed by atoms with Gasteiger partial charge in [0.15, 0.2) is 0 Å². The molecule has 1 aromatic heterocycles. The van der Waals surface area contributed by atoms with Gasteiger partial charge in [0.1, 0.15) is 17.3 Å². The lowest BCUT2D eigenvalue weighted by atomic mass is 10.1. The van der Waals surface area contributed by atoms with Crippen molar-refractivity contribution in [3.05, 3.63) is 75.5 Å². The Kier molecular flexibility index (Phi) is 6.63. The quantitative estimate of drug-likeness (QED) is 0.259. The Morgan fingerprint density at radius 1 is 1.16 bits per heavy atom. The van der Waals surface area contributed by atoms with E-state index in [1.54, 1.807) is 30.3 Å². The molecule has 0 fully saturated rings. The first-order valence-corrected chi connectivity index (χ1v) is 9.08. The summed E-state index contributed by atoms with van der Waals surface area (Å²) in [4.78, 5) is 34.4. The molecule has 3 aromatic rings. The number of halogens is 1. The van der Waals surface area contributed by atoms with E-state index in [9.17, 15) is 19.7 Å². The number of methoxy groups -OCH3 is 1. The second kappa shape index (κ2) is 9.55. The molecule has 158 valence electrons. The van der Waals surface area contributed by atoms with Gasteiger partial charge in [-0.1, -0.05) is 23.7 Å². The van der Waals surface area contributed by atoms with Gasteiger partial charge in [0.2, 0.25) is 0 Å². The van der Waals surface area contributed by atoms with Crippen molar-refractivity contribution in [2.75, 3.05) is 12.4 Å². The van der Waals surface area contributed by atoms with E-state index in [-0.39, 0.29) is 17.1 Å². The summed E-state index contributed by atoms with van der Waals surface area (Å²) in [6, 6.07) is 13.6. The third kappa shape index (κ3) is 5.46. The average molecular weight is 443 g/mol. The first-order valence-electron chi connectivity index (χ1n) is 8.70. The number of carbonyl (C=O) groups is 2. The zero-order valence-electron chi connectivity index (χ0n) is 16.0. The Morgan fingerprint density at radius 3 is 2.71 bits per heavy atom. The van der Waals surface area contributed by atoms with Crippen LogP contribution in [0.4, 0.5) is 11.4 Å². The van der Waals surface area contributed by atoms with Crippen molar-refractivity contribution in [2.24, 2.45) is 5.10 Å². The van der Waals surface area contributed by atoms with Gasteiger partial charge < -0.3 is 14.5 Å². The smallest absolute Gasteiger partial charge is 0.329 e. The van der Waals surface area contributed by atoms with E-state index in [4.69, 9.17) is 20.8 Å². The fraction of sp³-hybridized carbons (Fsp3) is 0.0500. The first kappa shape index (κ1) is 21.5. The summed E-state index contributed by atoms with van der Waals surface area (Å²) < 4.78 is 10.6. The maximum atomic E-state index is 12.0. The number of nitrogens with zero attached hydrogens (tertiary/aromatic N) is 2. The monoisotopic (exact) mass is 442 g/mol. The molecular formula is C20H15ClN4O6. The summed E-state index contributed by atoms with van der Waals surface area (Å²) in [6.45, 7) is 0. The number of furan rings is 1. The molecule has 0 aliphatic rings. The van der Waals surface area contributed by atoms with E-state index in [1.165, 1.54) is 37.6 Å². The van der Waals surface area contributed by atoms with E-state index in [0.717, 1.165) is 0 Å². The molecule has 0 unspecified atom stereocenters. The molecule has 0 saturated carbocycles.